The summed E-state index contributed by atoms with van der Waals surface area (Å²) in [6.45, 7) is 2.17. The average molecular weight is 497 g/mol. The second-order valence-corrected chi connectivity index (χ2v) is 11.4. The molecular formula is C27H32N2O5S. The normalized spacial score (nSPS) is 29.1. The average Bonchev–Trinajstić information content (AvgIpc) is 3.37. The van der Waals surface area contributed by atoms with Crippen molar-refractivity contribution in [3.63, 3.8) is 0 Å². The molecule has 5 rings (SSSR count). The summed E-state index contributed by atoms with van der Waals surface area (Å²) in [5.74, 6) is 1.64. The maximum Gasteiger partial charge on any atom is 0.309 e. The van der Waals surface area contributed by atoms with Crippen LogP contribution in [0.3, 0.4) is 0 Å². The van der Waals surface area contributed by atoms with Crippen LogP contribution in [0.5, 0.6) is 5.75 Å². The first-order valence-electron chi connectivity index (χ1n) is 12.4. The molecule has 0 radical (unpaired) electrons. The summed E-state index contributed by atoms with van der Waals surface area (Å²) in [5, 5.41) is 13.8. The number of ketones is 1. The van der Waals surface area contributed by atoms with E-state index in [-0.39, 0.29) is 23.7 Å². The minimum atomic E-state index is -0.947. The number of thiazole rings is 1. The highest BCUT2D eigenvalue weighted by atomic mass is 32.1. The molecule has 2 saturated carbocycles. The molecule has 0 spiro atoms. The van der Waals surface area contributed by atoms with Gasteiger partial charge in [-0.05, 0) is 79.0 Å². The van der Waals surface area contributed by atoms with E-state index in [2.05, 4.69) is 35.4 Å². The van der Waals surface area contributed by atoms with Crippen LogP contribution in [0.4, 0.5) is 5.13 Å². The molecule has 2 N–H and O–H groups in total. The fraction of sp³-hybridized carbons (Fsp3) is 0.556. The van der Waals surface area contributed by atoms with E-state index in [0.717, 1.165) is 31.4 Å². The number of anilines is 1. The van der Waals surface area contributed by atoms with E-state index in [4.69, 9.17) is 9.84 Å². The fourth-order valence-electron chi connectivity index (χ4n) is 7.11. The third-order valence-electron chi connectivity index (χ3n) is 8.65. The van der Waals surface area contributed by atoms with Gasteiger partial charge in [-0.15, -0.1) is 11.3 Å². The molecule has 2 aromatic rings. The standard InChI is InChI=1S/C27H32N2O5S/c1-27-10-9-20-19-7-5-18(34-2)11-15(19)3-6-21(20)25(27)16(12-22(27)30)4-8-23(31)29-26-28-17(14-35-26)13-24(32)33/h5,7,11,14,16,20-21,25H,3-4,6,8-10,12-13H2,1-2H3,(H,32,33)(H,28,29,31)/t16-,20-,21-,25+,27-/m1/s1. The van der Waals surface area contributed by atoms with Crippen molar-refractivity contribution < 1.29 is 24.2 Å². The molecule has 1 aromatic heterocycles. The molecule has 3 aliphatic carbocycles. The summed E-state index contributed by atoms with van der Waals surface area (Å²) in [6.07, 6.45) is 5.46. The summed E-state index contributed by atoms with van der Waals surface area (Å²) in [4.78, 5) is 40.9. The number of fused-ring (bicyclic) bond motifs is 5. The number of Topliss-reactive ketones (excluding diaryl/α,β-unsaturated/α-hetero) is 1. The first-order chi connectivity index (χ1) is 16.8. The Hall–Kier alpha value is -2.74. The Morgan fingerprint density at radius 1 is 1.31 bits per heavy atom. The van der Waals surface area contributed by atoms with Crippen LogP contribution in [-0.4, -0.2) is 34.9 Å². The molecule has 0 saturated heterocycles. The van der Waals surface area contributed by atoms with Crippen molar-refractivity contribution in [2.24, 2.45) is 23.2 Å². The van der Waals surface area contributed by atoms with Gasteiger partial charge >= 0.3 is 5.97 Å². The largest absolute Gasteiger partial charge is 0.497 e. The fourth-order valence-corrected chi connectivity index (χ4v) is 7.84. The SMILES string of the molecule is COc1ccc2c(c1)CC[C@H]1[C@@H]3[C@H](CCC(=O)Nc4nc(CC(=O)O)cs4)CC(=O)[C@@]3(C)CC[C@H]21. The van der Waals surface area contributed by atoms with Crippen LogP contribution in [0.2, 0.25) is 0 Å². The number of aliphatic carboxylic acids is 1. The maximum absolute atomic E-state index is 13.2. The number of hydrogen-bond acceptors (Lipinski definition) is 6. The van der Waals surface area contributed by atoms with Crippen LogP contribution in [-0.2, 0) is 27.2 Å². The van der Waals surface area contributed by atoms with Crippen LogP contribution in [0.1, 0.15) is 68.2 Å². The van der Waals surface area contributed by atoms with Crippen LogP contribution >= 0.6 is 11.3 Å². The summed E-state index contributed by atoms with van der Waals surface area (Å²) < 4.78 is 5.44. The highest BCUT2D eigenvalue weighted by Gasteiger charge is 2.58. The molecule has 1 amide bonds. The number of rotatable bonds is 7. The molecule has 186 valence electrons. The van der Waals surface area contributed by atoms with Gasteiger partial charge in [-0.2, -0.15) is 0 Å². The predicted molar refractivity (Wildman–Crippen MR) is 133 cm³/mol. The second kappa shape index (κ2) is 9.37. The van der Waals surface area contributed by atoms with Crippen molar-refractivity contribution in [2.45, 2.75) is 64.2 Å². The Balaban J connectivity index is 1.28. The Kier molecular flexibility index (Phi) is 6.42. The number of ether oxygens (including phenoxy) is 1. The molecule has 35 heavy (non-hydrogen) atoms. The van der Waals surface area contributed by atoms with Crippen molar-refractivity contribution in [3.05, 3.63) is 40.4 Å². The lowest BCUT2D eigenvalue weighted by Gasteiger charge is -2.50. The summed E-state index contributed by atoms with van der Waals surface area (Å²) >= 11 is 1.24. The zero-order chi connectivity index (χ0) is 24.7. The van der Waals surface area contributed by atoms with E-state index in [1.165, 1.54) is 22.5 Å². The van der Waals surface area contributed by atoms with E-state index >= 15 is 0 Å². The Morgan fingerprint density at radius 2 is 2.14 bits per heavy atom. The summed E-state index contributed by atoms with van der Waals surface area (Å²) in [7, 11) is 1.70. The molecule has 1 heterocycles. The first-order valence-corrected chi connectivity index (χ1v) is 13.3. The number of benzene rings is 1. The molecule has 0 unspecified atom stereocenters. The third kappa shape index (κ3) is 4.48. The molecule has 8 heteroatoms. The molecule has 0 bridgehead atoms. The van der Waals surface area contributed by atoms with Gasteiger partial charge in [0.1, 0.15) is 11.5 Å². The smallest absolute Gasteiger partial charge is 0.309 e. The number of carboxylic acid groups (broad SMARTS) is 1. The van der Waals surface area contributed by atoms with Crippen LogP contribution < -0.4 is 10.1 Å². The van der Waals surface area contributed by atoms with Gasteiger partial charge in [-0.25, -0.2) is 4.98 Å². The first kappa shape index (κ1) is 24.0. The van der Waals surface area contributed by atoms with Crippen LogP contribution in [0.15, 0.2) is 23.6 Å². The highest BCUT2D eigenvalue weighted by Crippen LogP contribution is 2.62. The van der Waals surface area contributed by atoms with Crippen LogP contribution in [0, 0.1) is 23.2 Å². The van der Waals surface area contributed by atoms with Crippen LogP contribution in [0.25, 0.3) is 0 Å². The number of nitrogens with zero attached hydrogens (tertiary/aromatic N) is 1. The van der Waals surface area contributed by atoms with Crippen molar-refractivity contribution in [1.29, 1.82) is 0 Å². The van der Waals surface area contributed by atoms with E-state index in [9.17, 15) is 14.4 Å². The van der Waals surface area contributed by atoms with Crippen molar-refractivity contribution in [2.75, 3.05) is 12.4 Å². The van der Waals surface area contributed by atoms with Gasteiger partial charge in [-0.1, -0.05) is 13.0 Å². The monoisotopic (exact) mass is 496 g/mol. The zero-order valence-corrected chi connectivity index (χ0v) is 21.0. The number of carbonyl (C=O) groups is 3. The number of amides is 1. The van der Waals surface area contributed by atoms with Gasteiger partial charge in [0.25, 0.3) is 0 Å². The van der Waals surface area contributed by atoms with Gasteiger partial charge < -0.3 is 15.2 Å². The minimum absolute atomic E-state index is 0.129. The van der Waals surface area contributed by atoms with E-state index in [1.807, 2.05) is 0 Å². The molecule has 5 atom stereocenters. The highest BCUT2D eigenvalue weighted by molar-refractivity contribution is 7.13. The Labute approximate surface area is 209 Å². The number of hydrogen-bond donors (Lipinski definition) is 2. The number of aryl methyl sites for hydroxylation is 1. The number of methoxy groups -OCH3 is 1. The molecular weight excluding hydrogens is 464 g/mol. The number of nitrogens with one attached hydrogen (secondary N) is 1. The molecule has 1 aromatic carbocycles. The predicted octanol–water partition coefficient (Wildman–Crippen LogP) is 4.85. The molecule has 0 aliphatic heterocycles. The minimum Gasteiger partial charge on any atom is -0.497 e. The van der Waals surface area contributed by atoms with E-state index in [0.29, 0.717) is 53.6 Å². The Bertz CT molecular complexity index is 1160. The number of carbonyl (C=O) groups excluding carboxylic acids is 2. The lowest BCUT2D eigenvalue weighted by molar-refractivity contribution is -0.136. The van der Waals surface area contributed by atoms with Gasteiger partial charge in [0.05, 0.1) is 19.2 Å². The zero-order valence-electron chi connectivity index (χ0n) is 20.2. The van der Waals surface area contributed by atoms with Crippen molar-refractivity contribution >= 4 is 34.1 Å². The van der Waals surface area contributed by atoms with Gasteiger partial charge in [0.2, 0.25) is 5.91 Å². The molecule has 7 nitrogen and oxygen atoms in total. The lowest BCUT2D eigenvalue weighted by Crippen LogP contribution is -2.44. The lowest BCUT2D eigenvalue weighted by atomic mass is 9.54. The quantitative estimate of drug-likeness (QED) is 0.568. The van der Waals surface area contributed by atoms with E-state index in [1.54, 1.807) is 12.5 Å². The number of aromatic nitrogens is 1. The van der Waals surface area contributed by atoms with Crippen molar-refractivity contribution in [3.8, 4) is 5.75 Å². The summed E-state index contributed by atoms with van der Waals surface area (Å²) in [5.41, 5.74) is 2.95. The second-order valence-electron chi connectivity index (χ2n) is 10.5. The molecule has 2 fully saturated rings. The van der Waals surface area contributed by atoms with Crippen molar-refractivity contribution in [1.82, 2.24) is 4.98 Å². The Morgan fingerprint density at radius 3 is 2.91 bits per heavy atom. The van der Waals surface area contributed by atoms with Gasteiger partial charge in [-0.3, -0.25) is 14.4 Å². The topological polar surface area (TPSA) is 106 Å². The third-order valence-corrected chi connectivity index (χ3v) is 9.46. The van der Waals surface area contributed by atoms with E-state index < -0.39 is 5.97 Å². The van der Waals surface area contributed by atoms with Gasteiger partial charge in [0, 0.05) is 23.6 Å². The molecule has 3 aliphatic rings. The maximum atomic E-state index is 13.2. The summed E-state index contributed by atoms with van der Waals surface area (Å²) in [6, 6.07) is 6.44. The van der Waals surface area contributed by atoms with Gasteiger partial charge in [0.15, 0.2) is 5.13 Å². The number of carboxylic acids is 1.